The monoisotopic (exact) mass is 353 g/mol. The van der Waals surface area contributed by atoms with Crippen LogP contribution in [0.4, 0.5) is 0 Å². The summed E-state index contributed by atoms with van der Waals surface area (Å²) in [5.74, 6) is 0.291. The molecule has 0 saturated carbocycles. The van der Waals surface area contributed by atoms with Gasteiger partial charge >= 0.3 is 0 Å². The van der Waals surface area contributed by atoms with E-state index in [0.29, 0.717) is 23.9 Å². The molecule has 0 aliphatic rings. The third-order valence-electron chi connectivity index (χ3n) is 2.83. The van der Waals surface area contributed by atoms with Gasteiger partial charge < -0.3 is 0 Å². The van der Waals surface area contributed by atoms with Crippen LogP contribution in [-0.4, -0.2) is 25.8 Å². The van der Waals surface area contributed by atoms with Crippen LogP contribution in [0, 0.1) is 6.92 Å². The Morgan fingerprint density at radius 1 is 1.28 bits per heavy atom. The molecule has 0 aromatic heterocycles. The van der Waals surface area contributed by atoms with Gasteiger partial charge in [-0.3, -0.25) is 0 Å². The minimum Gasteiger partial charge on any atom is -0.207 e. The molecule has 0 N–H and O–H groups in total. The lowest BCUT2D eigenvalue weighted by atomic mass is 10.2. The van der Waals surface area contributed by atoms with Crippen LogP contribution in [0.25, 0.3) is 0 Å². The van der Waals surface area contributed by atoms with Crippen molar-refractivity contribution >= 4 is 37.6 Å². The molecule has 0 fully saturated rings. The molecule has 6 heteroatoms. The summed E-state index contributed by atoms with van der Waals surface area (Å²) in [4.78, 5) is 0.330. The van der Waals surface area contributed by atoms with Crippen LogP contribution in [0.15, 0.2) is 21.5 Å². The van der Waals surface area contributed by atoms with Crippen molar-refractivity contribution in [1.29, 1.82) is 0 Å². The lowest BCUT2D eigenvalue weighted by Gasteiger charge is -2.20. The third kappa shape index (κ3) is 3.07. The zero-order valence-corrected chi connectivity index (χ0v) is 13.9. The van der Waals surface area contributed by atoms with Gasteiger partial charge in [-0.15, -0.1) is 11.6 Å². The summed E-state index contributed by atoms with van der Waals surface area (Å²) < 4.78 is 27.2. The lowest BCUT2D eigenvalue weighted by molar-refractivity contribution is 0.444. The Bertz CT molecular complexity index is 527. The first-order valence-electron chi connectivity index (χ1n) is 5.73. The highest BCUT2D eigenvalue weighted by Gasteiger charge is 2.24. The number of sulfonamides is 1. The Morgan fingerprint density at radius 3 is 2.28 bits per heavy atom. The highest BCUT2D eigenvalue weighted by molar-refractivity contribution is 9.10. The van der Waals surface area contributed by atoms with Crippen molar-refractivity contribution in [2.75, 3.05) is 13.1 Å². The fourth-order valence-corrected chi connectivity index (χ4v) is 4.30. The first-order chi connectivity index (χ1) is 8.38. The second-order valence-corrected chi connectivity index (χ2v) is 6.95. The highest BCUT2D eigenvalue weighted by atomic mass is 79.9. The molecule has 0 aliphatic heterocycles. The van der Waals surface area contributed by atoms with E-state index in [1.54, 1.807) is 13.0 Å². The van der Waals surface area contributed by atoms with Gasteiger partial charge in [0.1, 0.15) is 0 Å². The standard InChI is InChI=1S/C12H17BrClNO2S/c1-4-15(5-2)18(16,17)12-7-10(8-14)6-11(13)9(12)3/h6-7H,4-5,8H2,1-3H3. The molecule has 1 aromatic rings. The van der Waals surface area contributed by atoms with Crippen molar-refractivity contribution in [3.8, 4) is 0 Å². The number of hydrogen-bond acceptors (Lipinski definition) is 2. The zero-order valence-electron chi connectivity index (χ0n) is 10.7. The third-order valence-corrected chi connectivity index (χ3v) is 6.14. The van der Waals surface area contributed by atoms with Crippen LogP contribution in [0.1, 0.15) is 25.0 Å². The largest absolute Gasteiger partial charge is 0.243 e. The molecule has 18 heavy (non-hydrogen) atoms. The predicted octanol–water partition coefficient (Wildman–Crippen LogP) is 3.53. The summed E-state index contributed by atoms with van der Waals surface area (Å²) in [5.41, 5.74) is 1.51. The van der Waals surface area contributed by atoms with Crippen LogP contribution in [0.3, 0.4) is 0 Å². The van der Waals surface area contributed by atoms with Crippen LogP contribution >= 0.6 is 27.5 Å². The van der Waals surface area contributed by atoms with Crippen LogP contribution in [-0.2, 0) is 15.9 Å². The van der Waals surface area contributed by atoms with E-state index >= 15 is 0 Å². The second kappa shape index (κ2) is 6.37. The van der Waals surface area contributed by atoms with Crippen molar-refractivity contribution in [3.63, 3.8) is 0 Å². The normalized spacial score (nSPS) is 12.1. The van der Waals surface area contributed by atoms with Gasteiger partial charge in [0.2, 0.25) is 10.0 Å². The van der Waals surface area contributed by atoms with Crippen molar-refractivity contribution < 1.29 is 8.42 Å². The summed E-state index contributed by atoms with van der Waals surface area (Å²) in [5, 5.41) is 0. The molecular formula is C12H17BrClNO2S. The topological polar surface area (TPSA) is 37.4 Å². The van der Waals surface area contributed by atoms with Crippen molar-refractivity contribution in [2.24, 2.45) is 0 Å². The SMILES string of the molecule is CCN(CC)S(=O)(=O)c1cc(CCl)cc(Br)c1C. The van der Waals surface area contributed by atoms with E-state index in [-0.39, 0.29) is 0 Å². The smallest absolute Gasteiger partial charge is 0.207 e. The van der Waals surface area contributed by atoms with Crippen LogP contribution in [0.2, 0.25) is 0 Å². The molecule has 0 atom stereocenters. The summed E-state index contributed by atoms with van der Waals surface area (Å²) in [6.07, 6.45) is 0. The molecule has 0 unspecified atom stereocenters. The van der Waals surface area contributed by atoms with Crippen molar-refractivity contribution in [3.05, 3.63) is 27.7 Å². The minimum atomic E-state index is -3.44. The average molecular weight is 355 g/mol. The molecule has 0 saturated heterocycles. The maximum atomic E-state index is 12.5. The predicted molar refractivity (Wildman–Crippen MR) is 78.5 cm³/mol. The summed E-state index contributed by atoms with van der Waals surface area (Å²) in [6, 6.07) is 3.50. The Kier molecular flexibility index (Phi) is 5.65. The molecule has 0 aliphatic carbocycles. The molecule has 1 aromatic carbocycles. The van der Waals surface area contributed by atoms with E-state index in [0.717, 1.165) is 15.6 Å². The Hall–Kier alpha value is -0.100. The van der Waals surface area contributed by atoms with E-state index in [9.17, 15) is 8.42 Å². The van der Waals surface area contributed by atoms with Gasteiger partial charge in [-0.25, -0.2) is 8.42 Å². The molecule has 3 nitrogen and oxygen atoms in total. The molecule has 0 heterocycles. The Balaban J connectivity index is 3.45. The molecule has 102 valence electrons. The number of nitrogens with zero attached hydrogens (tertiary/aromatic N) is 1. The van der Waals surface area contributed by atoms with Gasteiger partial charge in [-0.05, 0) is 30.2 Å². The van der Waals surface area contributed by atoms with Gasteiger partial charge in [0.15, 0.2) is 0 Å². The first-order valence-corrected chi connectivity index (χ1v) is 8.50. The number of halogens is 2. The number of rotatable bonds is 5. The van der Waals surface area contributed by atoms with Crippen molar-refractivity contribution in [2.45, 2.75) is 31.5 Å². The fourth-order valence-electron chi connectivity index (χ4n) is 1.75. The quantitative estimate of drug-likeness (QED) is 0.759. The summed E-state index contributed by atoms with van der Waals surface area (Å²) in [6.45, 7) is 6.37. The van der Waals surface area contributed by atoms with E-state index in [1.807, 2.05) is 19.9 Å². The highest BCUT2D eigenvalue weighted by Crippen LogP contribution is 2.28. The number of benzene rings is 1. The molecule has 0 spiro atoms. The van der Waals surface area contributed by atoms with Gasteiger partial charge in [-0.1, -0.05) is 29.8 Å². The maximum absolute atomic E-state index is 12.5. The average Bonchev–Trinajstić information content (AvgIpc) is 2.33. The molecule has 1 rings (SSSR count). The maximum Gasteiger partial charge on any atom is 0.243 e. The Morgan fingerprint density at radius 2 is 1.83 bits per heavy atom. The van der Waals surface area contributed by atoms with E-state index in [4.69, 9.17) is 11.6 Å². The first kappa shape index (κ1) is 16.0. The summed E-state index contributed by atoms with van der Waals surface area (Å²) in [7, 11) is -3.44. The van der Waals surface area contributed by atoms with Gasteiger partial charge in [0.05, 0.1) is 4.90 Å². The fraction of sp³-hybridized carbons (Fsp3) is 0.500. The number of hydrogen-bond donors (Lipinski definition) is 0. The molecule has 0 amide bonds. The zero-order chi connectivity index (χ0) is 13.9. The van der Waals surface area contributed by atoms with Gasteiger partial charge in [-0.2, -0.15) is 4.31 Å². The van der Waals surface area contributed by atoms with E-state index < -0.39 is 10.0 Å². The molecule has 0 bridgehead atoms. The Labute approximate surface area is 122 Å². The van der Waals surface area contributed by atoms with Gasteiger partial charge in [0, 0.05) is 23.4 Å². The van der Waals surface area contributed by atoms with E-state index in [1.165, 1.54) is 4.31 Å². The molecule has 0 radical (unpaired) electrons. The summed E-state index contributed by atoms with van der Waals surface area (Å²) >= 11 is 9.17. The second-order valence-electron chi connectivity index (χ2n) is 3.92. The van der Waals surface area contributed by atoms with E-state index in [2.05, 4.69) is 15.9 Å². The van der Waals surface area contributed by atoms with Crippen molar-refractivity contribution in [1.82, 2.24) is 4.31 Å². The van der Waals surface area contributed by atoms with Crippen LogP contribution < -0.4 is 0 Å². The number of alkyl halides is 1. The molecular weight excluding hydrogens is 338 g/mol. The lowest BCUT2D eigenvalue weighted by Crippen LogP contribution is -2.31. The van der Waals surface area contributed by atoms with Crippen LogP contribution in [0.5, 0.6) is 0 Å². The van der Waals surface area contributed by atoms with Gasteiger partial charge in [0.25, 0.3) is 0 Å². The minimum absolute atomic E-state index is 0.291.